The Labute approximate surface area is 159 Å². The average molecular weight is 381 g/mol. The van der Waals surface area contributed by atoms with Gasteiger partial charge in [0, 0.05) is 43.3 Å². The first-order valence-corrected chi connectivity index (χ1v) is 9.74. The molecule has 0 radical (unpaired) electrons. The third kappa shape index (κ3) is 3.32. The van der Waals surface area contributed by atoms with Gasteiger partial charge in [-0.15, -0.1) is 0 Å². The summed E-state index contributed by atoms with van der Waals surface area (Å²) < 4.78 is 14.7. The van der Waals surface area contributed by atoms with Gasteiger partial charge in [-0.1, -0.05) is 0 Å². The number of aromatic hydroxyl groups is 1. The summed E-state index contributed by atoms with van der Waals surface area (Å²) in [7, 11) is 0.811. The Morgan fingerprint density at radius 2 is 2.00 bits per heavy atom. The lowest BCUT2D eigenvalue weighted by atomic mass is 10.1. The zero-order valence-corrected chi connectivity index (χ0v) is 15.7. The van der Waals surface area contributed by atoms with Gasteiger partial charge in [0.25, 0.3) is 0 Å². The number of piperazine rings is 1. The van der Waals surface area contributed by atoms with E-state index in [1.807, 2.05) is 4.31 Å². The molecule has 0 amide bonds. The quantitative estimate of drug-likeness (QED) is 0.724. The Bertz CT molecular complexity index is 1050. The van der Waals surface area contributed by atoms with Crippen LogP contribution in [0.2, 0.25) is 0 Å². The summed E-state index contributed by atoms with van der Waals surface area (Å²) >= 11 is 0. The third-order valence-electron chi connectivity index (χ3n) is 4.80. The molecule has 0 saturated carbocycles. The van der Waals surface area contributed by atoms with E-state index < -0.39 is 11.0 Å². The Morgan fingerprint density at radius 1 is 1.22 bits per heavy atom. The predicted molar refractivity (Wildman–Crippen MR) is 103 cm³/mol. The second-order valence-electron chi connectivity index (χ2n) is 6.58. The molecule has 1 aliphatic heterocycles. The molecule has 138 valence electrons. The maximum Gasteiger partial charge on any atom is 0.199 e. The Kier molecular flexibility index (Phi) is 4.66. The van der Waals surface area contributed by atoms with Crippen LogP contribution in [0.3, 0.4) is 0 Å². The lowest BCUT2D eigenvalue weighted by Crippen LogP contribution is -2.45. The van der Waals surface area contributed by atoms with Crippen molar-refractivity contribution < 1.29 is 9.32 Å². The van der Waals surface area contributed by atoms with Crippen molar-refractivity contribution in [2.24, 2.45) is 0 Å². The molecule has 27 heavy (non-hydrogen) atoms. The zero-order chi connectivity index (χ0) is 19.0. The molecule has 1 atom stereocenters. The van der Waals surface area contributed by atoms with Crippen molar-refractivity contribution in [3.63, 3.8) is 0 Å². The highest BCUT2D eigenvalue weighted by Gasteiger charge is 2.21. The van der Waals surface area contributed by atoms with E-state index in [-0.39, 0.29) is 5.88 Å². The van der Waals surface area contributed by atoms with E-state index in [1.54, 1.807) is 36.5 Å². The number of pyridine rings is 1. The van der Waals surface area contributed by atoms with Crippen LogP contribution in [-0.2, 0) is 11.0 Å². The van der Waals surface area contributed by atoms with Gasteiger partial charge in [-0.3, -0.25) is 4.98 Å². The van der Waals surface area contributed by atoms with E-state index in [1.165, 1.54) is 0 Å². The highest BCUT2D eigenvalue weighted by molar-refractivity contribution is 7.82. The van der Waals surface area contributed by atoms with Crippen LogP contribution in [0.15, 0.2) is 41.4 Å². The van der Waals surface area contributed by atoms with Crippen LogP contribution in [0, 0.1) is 11.3 Å². The number of hydrogen-bond donors (Lipinski definition) is 2. The fourth-order valence-electron chi connectivity index (χ4n) is 3.24. The van der Waals surface area contributed by atoms with E-state index >= 15 is 0 Å². The first-order chi connectivity index (χ1) is 13.1. The summed E-state index contributed by atoms with van der Waals surface area (Å²) in [6.45, 7) is 3.29. The first-order valence-electron chi connectivity index (χ1n) is 8.63. The van der Waals surface area contributed by atoms with E-state index in [4.69, 9.17) is 5.26 Å². The maximum absolute atomic E-state index is 12.8. The average Bonchev–Trinajstić information content (AvgIpc) is 3.03. The molecule has 3 aromatic rings. The summed E-state index contributed by atoms with van der Waals surface area (Å²) in [6.07, 6.45) is 1.59. The van der Waals surface area contributed by atoms with Gasteiger partial charge in [0.1, 0.15) is 11.0 Å². The van der Waals surface area contributed by atoms with Crippen LogP contribution in [0.5, 0.6) is 5.88 Å². The number of nitrogens with one attached hydrogen (secondary N) is 1. The number of rotatable bonds is 3. The van der Waals surface area contributed by atoms with Crippen molar-refractivity contribution in [1.82, 2.24) is 19.2 Å². The molecule has 1 fully saturated rings. The van der Waals surface area contributed by atoms with Crippen LogP contribution < -0.4 is 0 Å². The normalized spacial score (nSPS) is 17.0. The summed E-state index contributed by atoms with van der Waals surface area (Å²) in [5.74, 6) is 0.000491. The monoisotopic (exact) mass is 381 g/mol. The molecule has 0 bridgehead atoms. The zero-order valence-electron chi connectivity index (χ0n) is 14.8. The number of nitriles is 1. The van der Waals surface area contributed by atoms with E-state index in [2.05, 4.69) is 28.0 Å². The topological polar surface area (TPSA) is 96.2 Å². The molecular formula is C19H19N5O2S. The summed E-state index contributed by atoms with van der Waals surface area (Å²) in [5, 5.41) is 20.2. The smallest absolute Gasteiger partial charge is 0.199 e. The van der Waals surface area contributed by atoms with Gasteiger partial charge < -0.3 is 15.0 Å². The molecule has 1 unspecified atom stereocenters. The molecular weight excluding hydrogens is 362 g/mol. The van der Waals surface area contributed by atoms with Gasteiger partial charge in [0.2, 0.25) is 0 Å². The minimum Gasteiger partial charge on any atom is -0.494 e. The van der Waals surface area contributed by atoms with Crippen molar-refractivity contribution >= 4 is 21.9 Å². The summed E-state index contributed by atoms with van der Waals surface area (Å²) in [4.78, 5) is 10.2. The SMILES string of the molecule is CN1CCN(S(=O)c2ccc(-c3c(O)[nH]c4ccc(C#N)cc34)nc2)CC1. The van der Waals surface area contributed by atoms with Crippen LogP contribution in [0.1, 0.15) is 5.56 Å². The molecule has 1 saturated heterocycles. The molecule has 3 heterocycles. The van der Waals surface area contributed by atoms with Crippen LogP contribution in [-0.4, -0.2) is 61.7 Å². The summed E-state index contributed by atoms with van der Waals surface area (Å²) in [5.41, 5.74) is 2.34. The minimum atomic E-state index is -1.25. The molecule has 7 nitrogen and oxygen atoms in total. The van der Waals surface area contributed by atoms with Crippen molar-refractivity contribution in [3.05, 3.63) is 42.1 Å². The number of aromatic nitrogens is 2. The maximum atomic E-state index is 12.8. The molecule has 2 aromatic heterocycles. The first kappa shape index (κ1) is 17.7. The third-order valence-corrected chi connectivity index (χ3v) is 6.28. The van der Waals surface area contributed by atoms with Crippen LogP contribution >= 0.6 is 0 Å². The van der Waals surface area contributed by atoms with Crippen molar-refractivity contribution in [2.45, 2.75) is 4.90 Å². The van der Waals surface area contributed by atoms with Crippen molar-refractivity contribution in [2.75, 3.05) is 33.2 Å². The Balaban J connectivity index is 1.65. The molecule has 8 heteroatoms. The van der Waals surface area contributed by atoms with Crippen LogP contribution in [0.25, 0.3) is 22.2 Å². The fraction of sp³-hybridized carbons (Fsp3) is 0.263. The van der Waals surface area contributed by atoms with Gasteiger partial charge in [-0.25, -0.2) is 8.51 Å². The molecule has 2 N–H and O–H groups in total. The van der Waals surface area contributed by atoms with Crippen molar-refractivity contribution in [1.29, 1.82) is 5.26 Å². The summed E-state index contributed by atoms with van der Waals surface area (Å²) in [6, 6.07) is 10.8. The molecule has 4 rings (SSSR count). The van der Waals surface area contributed by atoms with E-state index in [9.17, 15) is 9.32 Å². The molecule has 0 spiro atoms. The predicted octanol–water partition coefficient (Wildman–Crippen LogP) is 2.08. The largest absolute Gasteiger partial charge is 0.494 e. The van der Waals surface area contributed by atoms with Crippen molar-refractivity contribution in [3.8, 4) is 23.2 Å². The number of benzene rings is 1. The van der Waals surface area contributed by atoms with Gasteiger partial charge in [-0.05, 0) is 37.4 Å². The van der Waals surface area contributed by atoms with Gasteiger partial charge in [-0.2, -0.15) is 5.26 Å². The van der Waals surface area contributed by atoms with Gasteiger partial charge in [0.05, 0.1) is 27.8 Å². The second-order valence-corrected chi connectivity index (χ2v) is 8.07. The van der Waals surface area contributed by atoms with E-state index in [0.29, 0.717) is 21.7 Å². The van der Waals surface area contributed by atoms with Crippen LogP contribution in [0.4, 0.5) is 0 Å². The number of hydrogen-bond acceptors (Lipinski definition) is 5. The number of H-pyrrole nitrogens is 1. The second kappa shape index (κ2) is 7.12. The number of fused-ring (bicyclic) bond motifs is 1. The minimum absolute atomic E-state index is 0.000491. The highest BCUT2D eigenvalue weighted by atomic mass is 32.2. The molecule has 1 aromatic carbocycles. The fourth-order valence-corrected chi connectivity index (χ4v) is 4.36. The highest BCUT2D eigenvalue weighted by Crippen LogP contribution is 2.36. The van der Waals surface area contributed by atoms with Gasteiger partial charge >= 0.3 is 0 Å². The Morgan fingerprint density at radius 3 is 2.67 bits per heavy atom. The standard InChI is InChI=1S/C19H19N5O2S/c1-23-6-8-24(9-7-23)27(26)14-3-5-17(21-12-14)18-15-10-13(11-20)2-4-16(15)22-19(18)25/h2-5,10,12,22,25H,6-9H2,1H3. The van der Waals surface area contributed by atoms with E-state index in [0.717, 1.165) is 37.1 Å². The number of likely N-dealkylation sites (N-methyl/N-ethyl adjacent to an activating group) is 1. The number of aromatic amines is 1. The molecule has 1 aliphatic rings. The lowest BCUT2D eigenvalue weighted by molar-refractivity contribution is 0.228. The van der Waals surface area contributed by atoms with Gasteiger partial charge in [0.15, 0.2) is 5.88 Å². The Hall–Kier alpha value is -2.73. The molecule has 0 aliphatic carbocycles. The lowest BCUT2D eigenvalue weighted by Gasteiger charge is -2.31. The number of nitrogens with zero attached hydrogens (tertiary/aromatic N) is 4.